The highest BCUT2D eigenvalue weighted by Crippen LogP contribution is 2.24. The van der Waals surface area contributed by atoms with E-state index in [1.165, 1.54) is 6.92 Å². The Bertz CT molecular complexity index is 951. The van der Waals surface area contributed by atoms with E-state index in [2.05, 4.69) is 10.6 Å². The number of amides is 2. The van der Waals surface area contributed by atoms with Crippen LogP contribution >= 0.6 is 11.6 Å². The molecule has 0 saturated heterocycles. The van der Waals surface area contributed by atoms with Crippen molar-refractivity contribution in [3.63, 3.8) is 0 Å². The predicted molar refractivity (Wildman–Crippen MR) is 103 cm³/mol. The highest BCUT2D eigenvalue weighted by atomic mass is 35.5. The zero-order chi connectivity index (χ0) is 19.2. The minimum Gasteiger partial charge on any atom is -0.484 e. The van der Waals surface area contributed by atoms with Crippen molar-refractivity contribution < 1.29 is 18.7 Å². The molecule has 2 aromatic carbocycles. The number of carbonyl (C=O) groups is 2. The molecular formula is C20H17ClN2O4. The number of furan rings is 1. The maximum absolute atomic E-state index is 12.3. The van der Waals surface area contributed by atoms with Crippen LogP contribution in [0.15, 0.2) is 65.1 Å². The molecule has 138 valence electrons. The van der Waals surface area contributed by atoms with Crippen LogP contribution in [0.2, 0.25) is 5.02 Å². The van der Waals surface area contributed by atoms with Crippen LogP contribution in [0.4, 0.5) is 11.4 Å². The van der Waals surface area contributed by atoms with Gasteiger partial charge in [-0.05, 0) is 48.5 Å². The molecule has 0 bridgehead atoms. The Labute approximate surface area is 161 Å². The van der Waals surface area contributed by atoms with Crippen LogP contribution in [-0.4, -0.2) is 11.8 Å². The molecule has 0 spiro atoms. The van der Waals surface area contributed by atoms with Crippen LogP contribution in [-0.2, 0) is 11.4 Å². The summed E-state index contributed by atoms with van der Waals surface area (Å²) < 4.78 is 11.1. The molecule has 2 N–H and O–H groups in total. The molecule has 3 rings (SSSR count). The lowest BCUT2D eigenvalue weighted by Gasteiger charge is -2.06. The van der Waals surface area contributed by atoms with Crippen molar-refractivity contribution in [2.45, 2.75) is 13.5 Å². The third-order valence-corrected chi connectivity index (χ3v) is 3.87. The van der Waals surface area contributed by atoms with Crippen molar-refractivity contribution >= 4 is 34.8 Å². The van der Waals surface area contributed by atoms with E-state index in [0.29, 0.717) is 27.9 Å². The molecule has 6 nitrogen and oxygen atoms in total. The SMILES string of the molecule is CC(=O)Nc1ccc(NC(=O)c2ccc(COc3ccccc3Cl)o2)cc1. The third kappa shape index (κ3) is 5.12. The first-order valence-electron chi connectivity index (χ1n) is 8.16. The molecule has 1 aromatic heterocycles. The van der Waals surface area contributed by atoms with E-state index >= 15 is 0 Å². The molecule has 0 saturated carbocycles. The molecule has 0 fully saturated rings. The van der Waals surface area contributed by atoms with E-state index in [0.717, 1.165) is 0 Å². The summed E-state index contributed by atoms with van der Waals surface area (Å²) in [5.74, 6) is 0.667. The molecular weight excluding hydrogens is 368 g/mol. The van der Waals surface area contributed by atoms with Gasteiger partial charge in [0.25, 0.3) is 5.91 Å². The summed E-state index contributed by atoms with van der Waals surface area (Å²) in [6.07, 6.45) is 0. The number of carbonyl (C=O) groups excluding carboxylic acids is 2. The van der Waals surface area contributed by atoms with Crippen LogP contribution < -0.4 is 15.4 Å². The summed E-state index contributed by atoms with van der Waals surface area (Å²) in [5.41, 5.74) is 1.23. The van der Waals surface area contributed by atoms with Gasteiger partial charge in [-0.15, -0.1) is 0 Å². The first kappa shape index (κ1) is 18.5. The largest absolute Gasteiger partial charge is 0.484 e. The number of hydrogen-bond donors (Lipinski definition) is 2. The summed E-state index contributed by atoms with van der Waals surface area (Å²) in [7, 11) is 0. The molecule has 7 heteroatoms. The summed E-state index contributed by atoms with van der Waals surface area (Å²) in [6.45, 7) is 1.59. The Kier molecular flexibility index (Phi) is 5.78. The second kappa shape index (κ2) is 8.42. The average Bonchev–Trinajstić information content (AvgIpc) is 3.11. The van der Waals surface area contributed by atoms with Gasteiger partial charge in [0.2, 0.25) is 5.91 Å². The van der Waals surface area contributed by atoms with E-state index < -0.39 is 0 Å². The molecule has 0 aliphatic heterocycles. The highest BCUT2D eigenvalue weighted by Gasteiger charge is 2.12. The Morgan fingerprint density at radius 3 is 2.30 bits per heavy atom. The lowest BCUT2D eigenvalue weighted by atomic mass is 10.2. The van der Waals surface area contributed by atoms with Crippen molar-refractivity contribution in [3.8, 4) is 5.75 Å². The monoisotopic (exact) mass is 384 g/mol. The van der Waals surface area contributed by atoms with Gasteiger partial charge >= 0.3 is 0 Å². The average molecular weight is 385 g/mol. The summed E-state index contributed by atoms with van der Waals surface area (Å²) in [4.78, 5) is 23.3. The van der Waals surface area contributed by atoms with Crippen molar-refractivity contribution in [3.05, 3.63) is 77.2 Å². The summed E-state index contributed by atoms with van der Waals surface area (Å²) in [6, 6.07) is 17.1. The Morgan fingerprint density at radius 2 is 1.63 bits per heavy atom. The first-order chi connectivity index (χ1) is 13.0. The first-order valence-corrected chi connectivity index (χ1v) is 8.54. The molecule has 0 atom stereocenters. The fourth-order valence-electron chi connectivity index (χ4n) is 2.32. The van der Waals surface area contributed by atoms with E-state index in [1.807, 2.05) is 12.1 Å². The van der Waals surface area contributed by atoms with Gasteiger partial charge in [-0.25, -0.2) is 0 Å². The molecule has 1 heterocycles. The zero-order valence-corrected chi connectivity index (χ0v) is 15.2. The number of anilines is 2. The number of hydrogen-bond acceptors (Lipinski definition) is 4. The molecule has 3 aromatic rings. The fourth-order valence-corrected chi connectivity index (χ4v) is 2.51. The smallest absolute Gasteiger partial charge is 0.291 e. The molecule has 2 amide bonds. The predicted octanol–water partition coefficient (Wildman–Crippen LogP) is 4.72. The fraction of sp³-hybridized carbons (Fsp3) is 0.100. The molecule has 27 heavy (non-hydrogen) atoms. The van der Waals surface area contributed by atoms with Gasteiger partial charge in [0, 0.05) is 18.3 Å². The van der Waals surface area contributed by atoms with Crippen molar-refractivity contribution in [2.75, 3.05) is 10.6 Å². The van der Waals surface area contributed by atoms with Gasteiger partial charge in [-0.1, -0.05) is 23.7 Å². The van der Waals surface area contributed by atoms with E-state index in [9.17, 15) is 9.59 Å². The number of para-hydroxylation sites is 1. The van der Waals surface area contributed by atoms with E-state index in [-0.39, 0.29) is 24.2 Å². The molecule has 0 unspecified atom stereocenters. The van der Waals surface area contributed by atoms with Gasteiger partial charge in [-0.3, -0.25) is 9.59 Å². The van der Waals surface area contributed by atoms with Crippen LogP contribution in [0, 0.1) is 0 Å². The van der Waals surface area contributed by atoms with Crippen LogP contribution in [0.3, 0.4) is 0 Å². The standard InChI is InChI=1S/C20H17ClN2O4/c1-13(24)22-14-6-8-15(9-7-14)23-20(25)19-11-10-16(27-19)12-26-18-5-3-2-4-17(18)21/h2-11H,12H2,1H3,(H,22,24)(H,23,25). The summed E-state index contributed by atoms with van der Waals surface area (Å²) >= 11 is 6.03. The van der Waals surface area contributed by atoms with Gasteiger partial charge in [0.05, 0.1) is 5.02 Å². The number of nitrogens with one attached hydrogen (secondary N) is 2. The van der Waals surface area contributed by atoms with Crippen LogP contribution in [0.5, 0.6) is 5.75 Å². The normalized spacial score (nSPS) is 10.3. The topological polar surface area (TPSA) is 80.6 Å². The Hall–Kier alpha value is -3.25. The molecule has 0 aliphatic carbocycles. The Balaban J connectivity index is 1.58. The van der Waals surface area contributed by atoms with E-state index in [4.69, 9.17) is 20.8 Å². The third-order valence-electron chi connectivity index (χ3n) is 3.56. The molecule has 0 aliphatic rings. The zero-order valence-electron chi connectivity index (χ0n) is 14.5. The van der Waals surface area contributed by atoms with Crippen molar-refractivity contribution in [1.82, 2.24) is 0 Å². The highest BCUT2D eigenvalue weighted by molar-refractivity contribution is 6.32. The van der Waals surface area contributed by atoms with E-state index in [1.54, 1.807) is 48.5 Å². The van der Waals surface area contributed by atoms with Gasteiger partial charge in [0.1, 0.15) is 18.1 Å². The van der Waals surface area contributed by atoms with Crippen molar-refractivity contribution in [1.29, 1.82) is 0 Å². The summed E-state index contributed by atoms with van der Waals surface area (Å²) in [5, 5.41) is 5.89. The quantitative estimate of drug-likeness (QED) is 0.644. The number of rotatable bonds is 6. The number of ether oxygens (including phenoxy) is 1. The molecule has 0 radical (unpaired) electrons. The minimum absolute atomic E-state index is 0.155. The maximum Gasteiger partial charge on any atom is 0.291 e. The lowest BCUT2D eigenvalue weighted by molar-refractivity contribution is -0.114. The number of halogens is 1. The van der Waals surface area contributed by atoms with Gasteiger partial charge in [-0.2, -0.15) is 0 Å². The Morgan fingerprint density at radius 1 is 0.963 bits per heavy atom. The number of benzene rings is 2. The second-order valence-electron chi connectivity index (χ2n) is 5.70. The lowest BCUT2D eigenvalue weighted by Crippen LogP contribution is -2.11. The van der Waals surface area contributed by atoms with Crippen LogP contribution in [0.1, 0.15) is 23.2 Å². The van der Waals surface area contributed by atoms with Crippen molar-refractivity contribution in [2.24, 2.45) is 0 Å². The minimum atomic E-state index is -0.383. The van der Waals surface area contributed by atoms with Gasteiger partial charge in [0.15, 0.2) is 5.76 Å². The second-order valence-corrected chi connectivity index (χ2v) is 6.10. The van der Waals surface area contributed by atoms with Gasteiger partial charge < -0.3 is 19.8 Å². The maximum atomic E-state index is 12.3. The van der Waals surface area contributed by atoms with Crippen LogP contribution in [0.25, 0.3) is 0 Å².